The number of hydrogen-bond acceptors (Lipinski definition) is 3. The van der Waals surface area contributed by atoms with Crippen LogP contribution in [0.15, 0.2) is 23.9 Å². The topological polar surface area (TPSA) is 24.9 Å². The summed E-state index contributed by atoms with van der Waals surface area (Å²) in [4.78, 5) is 5.36. The van der Waals surface area contributed by atoms with Crippen LogP contribution in [0.5, 0.6) is 0 Å². The lowest BCUT2D eigenvalue weighted by Gasteiger charge is -1.94. The van der Waals surface area contributed by atoms with Crippen LogP contribution in [0.25, 0.3) is 0 Å². The lowest BCUT2D eigenvalue weighted by Crippen LogP contribution is -2.12. The van der Waals surface area contributed by atoms with Crippen LogP contribution in [-0.4, -0.2) is 18.1 Å². The maximum absolute atomic E-state index is 4.02. The van der Waals surface area contributed by atoms with Gasteiger partial charge < -0.3 is 5.32 Å². The molecule has 0 radical (unpaired) electrons. The molecular formula is C10H16N2S. The molecule has 0 saturated heterocycles. The largest absolute Gasteiger partial charge is 0.317 e. The fraction of sp³-hybridized carbons (Fsp3) is 0.500. The summed E-state index contributed by atoms with van der Waals surface area (Å²) in [5.74, 6) is 0. The SMILES string of the molecule is CCNCC/C=C/Cc1cncs1. The molecule has 0 unspecified atom stereocenters. The fourth-order valence-electron chi connectivity index (χ4n) is 1.02. The van der Waals surface area contributed by atoms with E-state index in [4.69, 9.17) is 0 Å². The molecular weight excluding hydrogens is 180 g/mol. The van der Waals surface area contributed by atoms with Crippen molar-refractivity contribution in [2.75, 3.05) is 13.1 Å². The smallest absolute Gasteiger partial charge is 0.0794 e. The summed E-state index contributed by atoms with van der Waals surface area (Å²) in [6.45, 7) is 4.26. The number of nitrogens with zero attached hydrogens (tertiary/aromatic N) is 1. The van der Waals surface area contributed by atoms with E-state index in [0.29, 0.717) is 0 Å². The van der Waals surface area contributed by atoms with E-state index in [9.17, 15) is 0 Å². The van der Waals surface area contributed by atoms with Gasteiger partial charge in [-0.05, 0) is 19.5 Å². The van der Waals surface area contributed by atoms with Crippen LogP contribution < -0.4 is 5.32 Å². The third kappa shape index (κ3) is 4.80. The van der Waals surface area contributed by atoms with Gasteiger partial charge in [0.1, 0.15) is 0 Å². The van der Waals surface area contributed by atoms with Gasteiger partial charge in [-0.25, -0.2) is 0 Å². The maximum Gasteiger partial charge on any atom is 0.0794 e. The molecule has 1 heterocycles. The van der Waals surface area contributed by atoms with Gasteiger partial charge in [-0.3, -0.25) is 4.98 Å². The highest BCUT2D eigenvalue weighted by Crippen LogP contribution is 2.06. The molecule has 0 saturated carbocycles. The van der Waals surface area contributed by atoms with Crippen LogP contribution in [0.4, 0.5) is 0 Å². The second-order valence-electron chi connectivity index (χ2n) is 2.79. The number of hydrogen-bond donors (Lipinski definition) is 1. The molecule has 1 rings (SSSR count). The Morgan fingerprint density at radius 3 is 3.15 bits per heavy atom. The molecule has 2 nitrogen and oxygen atoms in total. The first-order valence-electron chi connectivity index (χ1n) is 4.66. The van der Waals surface area contributed by atoms with Gasteiger partial charge in [0.2, 0.25) is 0 Å². The molecule has 0 aliphatic carbocycles. The summed E-state index contributed by atoms with van der Waals surface area (Å²) in [5, 5.41) is 3.28. The molecule has 72 valence electrons. The van der Waals surface area contributed by atoms with E-state index in [-0.39, 0.29) is 0 Å². The van der Waals surface area contributed by atoms with E-state index >= 15 is 0 Å². The molecule has 1 N–H and O–H groups in total. The quantitative estimate of drug-likeness (QED) is 0.557. The molecule has 1 aromatic heterocycles. The Morgan fingerprint density at radius 2 is 2.46 bits per heavy atom. The first-order chi connectivity index (χ1) is 6.43. The number of thiazole rings is 1. The van der Waals surface area contributed by atoms with Crippen LogP contribution in [0, 0.1) is 0 Å². The summed E-state index contributed by atoms with van der Waals surface area (Å²) in [5.41, 5.74) is 1.88. The second kappa shape index (κ2) is 6.80. The molecule has 1 aromatic rings. The highest BCUT2D eigenvalue weighted by molar-refractivity contribution is 7.09. The molecule has 0 aliphatic rings. The van der Waals surface area contributed by atoms with Crippen molar-refractivity contribution in [2.24, 2.45) is 0 Å². The molecule has 0 spiro atoms. The summed E-state index contributed by atoms with van der Waals surface area (Å²) in [7, 11) is 0. The molecule has 0 bridgehead atoms. The van der Waals surface area contributed by atoms with Crippen molar-refractivity contribution in [1.82, 2.24) is 10.3 Å². The first-order valence-corrected chi connectivity index (χ1v) is 5.54. The third-order valence-corrected chi connectivity index (χ3v) is 2.51. The van der Waals surface area contributed by atoms with Crippen molar-refractivity contribution in [1.29, 1.82) is 0 Å². The minimum atomic E-state index is 1.02. The van der Waals surface area contributed by atoms with Crippen LogP contribution in [0.2, 0.25) is 0 Å². The Hall–Kier alpha value is -0.670. The van der Waals surface area contributed by atoms with Crippen molar-refractivity contribution < 1.29 is 0 Å². The monoisotopic (exact) mass is 196 g/mol. The van der Waals surface area contributed by atoms with Gasteiger partial charge >= 0.3 is 0 Å². The molecule has 0 amide bonds. The standard InChI is InChI=1S/C10H16N2S/c1-2-11-7-5-3-4-6-10-8-12-9-13-10/h3-4,8-9,11H,2,5-7H2,1H3/b4-3+. The zero-order chi connectivity index (χ0) is 9.36. The molecule has 0 aromatic carbocycles. The molecule has 3 heteroatoms. The fourth-order valence-corrected chi connectivity index (χ4v) is 1.59. The predicted octanol–water partition coefficient (Wildman–Crippen LogP) is 2.24. The van der Waals surface area contributed by atoms with Crippen LogP contribution in [0.1, 0.15) is 18.2 Å². The van der Waals surface area contributed by atoms with Gasteiger partial charge in [-0.1, -0.05) is 19.1 Å². The maximum atomic E-state index is 4.02. The molecule has 0 aliphatic heterocycles. The van der Waals surface area contributed by atoms with E-state index in [1.165, 1.54) is 4.88 Å². The third-order valence-electron chi connectivity index (χ3n) is 1.71. The normalized spacial score (nSPS) is 11.2. The Balaban J connectivity index is 2.05. The van der Waals surface area contributed by atoms with Crippen molar-refractivity contribution in [3.63, 3.8) is 0 Å². The Morgan fingerprint density at radius 1 is 1.54 bits per heavy atom. The van der Waals surface area contributed by atoms with Gasteiger partial charge in [0.25, 0.3) is 0 Å². The van der Waals surface area contributed by atoms with E-state index in [1.807, 2.05) is 11.7 Å². The van der Waals surface area contributed by atoms with E-state index in [1.54, 1.807) is 11.3 Å². The van der Waals surface area contributed by atoms with Crippen LogP contribution in [-0.2, 0) is 6.42 Å². The minimum Gasteiger partial charge on any atom is -0.317 e. The minimum absolute atomic E-state index is 1.02. The number of aromatic nitrogens is 1. The van der Waals surface area contributed by atoms with Crippen molar-refractivity contribution in [3.05, 3.63) is 28.7 Å². The highest BCUT2D eigenvalue weighted by Gasteiger charge is 1.88. The number of nitrogens with one attached hydrogen (secondary N) is 1. The summed E-state index contributed by atoms with van der Waals surface area (Å²) in [6.07, 6.45) is 8.51. The zero-order valence-electron chi connectivity index (χ0n) is 7.99. The van der Waals surface area contributed by atoms with E-state index in [2.05, 4.69) is 29.4 Å². The van der Waals surface area contributed by atoms with Crippen molar-refractivity contribution >= 4 is 11.3 Å². The van der Waals surface area contributed by atoms with Gasteiger partial charge in [-0.15, -0.1) is 11.3 Å². The average molecular weight is 196 g/mol. The Bertz CT molecular complexity index is 229. The predicted molar refractivity (Wildman–Crippen MR) is 58.1 cm³/mol. The molecule has 0 atom stereocenters. The van der Waals surface area contributed by atoms with Crippen LogP contribution in [0.3, 0.4) is 0 Å². The van der Waals surface area contributed by atoms with Crippen molar-refractivity contribution in [2.45, 2.75) is 19.8 Å². The van der Waals surface area contributed by atoms with E-state index < -0.39 is 0 Å². The van der Waals surface area contributed by atoms with Gasteiger partial charge in [0.05, 0.1) is 5.51 Å². The lowest BCUT2D eigenvalue weighted by molar-refractivity contribution is 0.726. The zero-order valence-corrected chi connectivity index (χ0v) is 8.81. The van der Waals surface area contributed by atoms with Crippen LogP contribution >= 0.6 is 11.3 Å². The molecule has 0 fully saturated rings. The summed E-state index contributed by atoms with van der Waals surface area (Å²) in [6, 6.07) is 0. The summed E-state index contributed by atoms with van der Waals surface area (Å²) < 4.78 is 0. The Kier molecular flexibility index (Phi) is 5.45. The number of rotatable bonds is 6. The first kappa shape index (κ1) is 10.4. The Labute approximate surface area is 83.7 Å². The average Bonchev–Trinajstić information content (AvgIpc) is 2.63. The van der Waals surface area contributed by atoms with Gasteiger partial charge in [-0.2, -0.15) is 0 Å². The highest BCUT2D eigenvalue weighted by atomic mass is 32.1. The van der Waals surface area contributed by atoms with Gasteiger partial charge in [0, 0.05) is 17.5 Å². The van der Waals surface area contributed by atoms with Gasteiger partial charge in [0.15, 0.2) is 0 Å². The summed E-state index contributed by atoms with van der Waals surface area (Å²) >= 11 is 1.71. The lowest BCUT2D eigenvalue weighted by atomic mass is 10.3. The number of allylic oxidation sites excluding steroid dienone is 1. The van der Waals surface area contributed by atoms with E-state index in [0.717, 1.165) is 25.9 Å². The van der Waals surface area contributed by atoms with Crippen molar-refractivity contribution in [3.8, 4) is 0 Å². The second-order valence-corrected chi connectivity index (χ2v) is 3.76. The molecule has 13 heavy (non-hydrogen) atoms.